The van der Waals surface area contributed by atoms with E-state index in [0.717, 1.165) is 12.3 Å². The molecular weight excluding hydrogens is 351 g/mol. The van der Waals surface area contributed by atoms with Gasteiger partial charge in [0.25, 0.3) is 0 Å². The van der Waals surface area contributed by atoms with Crippen LogP contribution in [0.25, 0.3) is 0 Å². The number of amides is 1. The van der Waals surface area contributed by atoms with Crippen LogP contribution in [0.1, 0.15) is 26.3 Å². The molecule has 0 saturated carbocycles. The third-order valence-corrected chi connectivity index (χ3v) is 4.02. The van der Waals surface area contributed by atoms with E-state index in [-0.39, 0.29) is 10.8 Å². The van der Waals surface area contributed by atoms with Crippen LogP contribution in [0.4, 0.5) is 9.18 Å². The average Bonchev–Trinajstić information content (AvgIpc) is 2.47. The van der Waals surface area contributed by atoms with E-state index in [1.54, 1.807) is 23.9 Å². The number of alkyl carbamates (subject to hydrolysis) is 1. The van der Waals surface area contributed by atoms with Crippen LogP contribution in [0.5, 0.6) is 0 Å². The van der Waals surface area contributed by atoms with E-state index in [2.05, 4.69) is 10.2 Å². The van der Waals surface area contributed by atoms with Crippen molar-refractivity contribution in [2.24, 2.45) is 0 Å². The molecule has 0 aliphatic heterocycles. The molecule has 1 aromatic rings. The van der Waals surface area contributed by atoms with E-state index in [9.17, 15) is 9.18 Å². The lowest BCUT2D eigenvalue weighted by Gasteiger charge is -2.24. The topological polar surface area (TPSA) is 41.6 Å². The van der Waals surface area contributed by atoms with Gasteiger partial charge in [0.05, 0.1) is 5.02 Å². The van der Waals surface area contributed by atoms with E-state index >= 15 is 0 Å². The predicted octanol–water partition coefficient (Wildman–Crippen LogP) is 4.17. The lowest BCUT2D eigenvalue weighted by atomic mass is 10.2. The number of carbonyl (C=O) groups is 1. The lowest BCUT2D eigenvalue weighted by molar-refractivity contribution is 0.0522. The standard InChI is InChI=1S/C17H26ClFN2O2S/c1-17(2,3)23-16(22)20-8-9-21(10-11-24-4)12-13-6-5-7-14(18)15(13)19/h5-7H,8-12H2,1-4H3,(H,20,22). The first-order chi connectivity index (χ1) is 11.2. The minimum atomic E-state index is -0.521. The van der Waals surface area contributed by atoms with Crippen LogP contribution in [0.2, 0.25) is 5.02 Å². The Morgan fingerprint density at radius 2 is 2.08 bits per heavy atom. The van der Waals surface area contributed by atoms with Crippen molar-refractivity contribution in [1.29, 1.82) is 0 Å². The molecule has 0 radical (unpaired) electrons. The largest absolute Gasteiger partial charge is 0.444 e. The second-order valence-electron chi connectivity index (χ2n) is 6.41. The van der Waals surface area contributed by atoms with Crippen molar-refractivity contribution in [2.75, 3.05) is 31.6 Å². The molecule has 1 N–H and O–H groups in total. The molecule has 1 aromatic carbocycles. The molecule has 1 rings (SSSR count). The normalized spacial score (nSPS) is 11.6. The number of carbonyl (C=O) groups excluding carboxylic acids is 1. The zero-order valence-electron chi connectivity index (χ0n) is 14.7. The molecule has 0 spiro atoms. The summed E-state index contributed by atoms with van der Waals surface area (Å²) in [5, 5.41) is 2.86. The lowest BCUT2D eigenvalue weighted by Crippen LogP contribution is -2.38. The number of nitrogens with zero attached hydrogens (tertiary/aromatic N) is 1. The summed E-state index contributed by atoms with van der Waals surface area (Å²) in [6.45, 7) is 7.74. The Balaban J connectivity index is 2.56. The van der Waals surface area contributed by atoms with Crippen molar-refractivity contribution in [3.63, 3.8) is 0 Å². The Morgan fingerprint density at radius 3 is 2.71 bits per heavy atom. The molecule has 0 unspecified atom stereocenters. The zero-order chi connectivity index (χ0) is 18.2. The Kier molecular flexibility index (Phi) is 8.87. The van der Waals surface area contributed by atoms with Crippen molar-refractivity contribution in [3.05, 3.63) is 34.6 Å². The molecule has 0 fully saturated rings. The van der Waals surface area contributed by atoms with Gasteiger partial charge in [0.15, 0.2) is 0 Å². The van der Waals surface area contributed by atoms with Crippen molar-refractivity contribution in [3.8, 4) is 0 Å². The minimum Gasteiger partial charge on any atom is -0.444 e. The van der Waals surface area contributed by atoms with Gasteiger partial charge < -0.3 is 10.1 Å². The highest BCUT2D eigenvalue weighted by molar-refractivity contribution is 7.98. The third-order valence-electron chi connectivity index (χ3n) is 3.13. The van der Waals surface area contributed by atoms with E-state index in [0.29, 0.717) is 25.2 Å². The van der Waals surface area contributed by atoms with E-state index in [1.165, 1.54) is 6.07 Å². The number of thioether (sulfide) groups is 1. The van der Waals surface area contributed by atoms with Gasteiger partial charge in [-0.25, -0.2) is 9.18 Å². The Labute approximate surface area is 153 Å². The maximum Gasteiger partial charge on any atom is 0.407 e. The fraction of sp³-hybridized carbons (Fsp3) is 0.588. The van der Waals surface area contributed by atoms with E-state index in [4.69, 9.17) is 16.3 Å². The summed E-state index contributed by atoms with van der Waals surface area (Å²) >= 11 is 7.56. The number of hydrogen-bond donors (Lipinski definition) is 1. The molecule has 4 nitrogen and oxygen atoms in total. The third kappa shape index (κ3) is 8.22. The summed E-state index contributed by atoms with van der Waals surface area (Å²) in [4.78, 5) is 13.8. The van der Waals surface area contributed by atoms with Gasteiger partial charge in [-0.1, -0.05) is 23.7 Å². The van der Waals surface area contributed by atoms with Crippen LogP contribution >= 0.6 is 23.4 Å². The van der Waals surface area contributed by atoms with Crippen LogP contribution in [0, 0.1) is 5.82 Å². The zero-order valence-corrected chi connectivity index (χ0v) is 16.3. The molecule has 7 heteroatoms. The quantitative estimate of drug-likeness (QED) is 0.739. The van der Waals surface area contributed by atoms with Gasteiger partial charge in [-0.2, -0.15) is 11.8 Å². The highest BCUT2D eigenvalue weighted by Gasteiger charge is 2.16. The van der Waals surface area contributed by atoms with Gasteiger partial charge in [0.2, 0.25) is 0 Å². The molecule has 0 aromatic heterocycles. The summed E-state index contributed by atoms with van der Waals surface area (Å²) < 4.78 is 19.3. The average molecular weight is 377 g/mol. The summed E-state index contributed by atoms with van der Waals surface area (Å²) in [7, 11) is 0. The predicted molar refractivity (Wildman–Crippen MR) is 99.3 cm³/mol. The first-order valence-electron chi connectivity index (χ1n) is 7.84. The maximum atomic E-state index is 14.1. The Morgan fingerprint density at radius 1 is 1.38 bits per heavy atom. The summed E-state index contributed by atoms with van der Waals surface area (Å²) in [6.07, 6.45) is 1.58. The molecule has 0 bridgehead atoms. The fourth-order valence-electron chi connectivity index (χ4n) is 2.03. The monoisotopic (exact) mass is 376 g/mol. The van der Waals surface area contributed by atoms with E-state index < -0.39 is 11.7 Å². The number of rotatable bonds is 8. The van der Waals surface area contributed by atoms with Gasteiger partial charge in [-0.15, -0.1) is 0 Å². The molecule has 0 heterocycles. The molecule has 0 saturated heterocycles. The smallest absolute Gasteiger partial charge is 0.407 e. The fourth-order valence-corrected chi connectivity index (χ4v) is 2.67. The van der Waals surface area contributed by atoms with Crippen molar-refractivity contribution >= 4 is 29.5 Å². The molecule has 136 valence electrons. The number of nitrogens with one attached hydrogen (secondary N) is 1. The summed E-state index contributed by atoms with van der Waals surface area (Å²) in [5.41, 5.74) is 0.0351. The number of ether oxygens (including phenoxy) is 1. The van der Waals surface area contributed by atoms with Gasteiger partial charge in [-0.05, 0) is 33.1 Å². The number of hydrogen-bond acceptors (Lipinski definition) is 4. The van der Waals surface area contributed by atoms with Gasteiger partial charge >= 0.3 is 6.09 Å². The number of halogens is 2. The van der Waals surface area contributed by atoms with Crippen LogP contribution in [-0.4, -0.2) is 48.2 Å². The van der Waals surface area contributed by atoms with Crippen LogP contribution in [0.3, 0.4) is 0 Å². The van der Waals surface area contributed by atoms with Crippen molar-refractivity contribution in [1.82, 2.24) is 10.2 Å². The SMILES string of the molecule is CSCCN(CCNC(=O)OC(C)(C)C)Cc1cccc(Cl)c1F. The van der Waals surface area contributed by atoms with Crippen molar-refractivity contribution in [2.45, 2.75) is 32.9 Å². The first kappa shape index (κ1) is 21.1. The van der Waals surface area contributed by atoms with Crippen LogP contribution in [-0.2, 0) is 11.3 Å². The second-order valence-corrected chi connectivity index (χ2v) is 7.80. The molecule has 0 atom stereocenters. The first-order valence-corrected chi connectivity index (χ1v) is 9.61. The van der Waals surface area contributed by atoms with Crippen LogP contribution in [0.15, 0.2) is 18.2 Å². The second kappa shape index (κ2) is 10.1. The molecule has 0 aliphatic carbocycles. The highest BCUT2D eigenvalue weighted by atomic mass is 35.5. The Bertz CT molecular complexity index is 538. The van der Waals surface area contributed by atoms with E-state index in [1.807, 2.05) is 27.0 Å². The summed E-state index contributed by atoms with van der Waals surface area (Å²) in [5.74, 6) is 0.544. The molecule has 0 aliphatic rings. The molecular formula is C17H26ClFN2O2S. The maximum absolute atomic E-state index is 14.1. The Hall–Kier alpha value is -0.980. The van der Waals surface area contributed by atoms with Gasteiger partial charge in [0.1, 0.15) is 11.4 Å². The highest BCUT2D eigenvalue weighted by Crippen LogP contribution is 2.19. The van der Waals surface area contributed by atoms with Crippen molar-refractivity contribution < 1.29 is 13.9 Å². The summed E-state index contributed by atoms with van der Waals surface area (Å²) in [6, 6.07) is 5.01. The van der Waals surface area contributed by atoms with Gasteiger partial charge in [-0.3, -0.25) is 4.90 Å². The van der Waals surface area contributed by atoms with Crippen LogP contribution < -0.4 is 5.32 Å². The minimum absolute atomic E-state index is 0.129. The molecule has 24 heavy (non-hydrogen) atoms. The number of benzene rings is 1. The molecule has 1 amide bonds. The van der Waals surface area contributed by atoms with Gasteiger partial charge in [0, 0.05) is 37.5 Å².